The van der Waals surface area contributed by atoms with Crippen LogP contribution in [0.2, 0.25) is 0 Å². The van der Waals surface area contributed by atoms with E-state index in [1.165, 1.54) is 17.0 Å². The summed E-state index contributed by atoms with van der Waals surface area (Å²) in [5.74, 6) is -0.804. The Balaban J connectivity index is 2.16. The van der Waals surface area contributed by atoms with Crippen LogP contribution < -0.4 is 10.5 Å². The number of carbonyl (C=O) groups excluding carboxylic acids is 1. The molecule has 140 valence electrons. The van der Waals surface area contributed by atoms with Crippen LogP contribution in [-0.4, -0.2) is 36.8 Å². The first-order valence-electron chi connectivity index (χ1n) is 8.17. The largest absolute Gasteiger partial charge is 0.573 e. The molecule has 2 aromatic rings. The van der Waals surface area contributed by atoms with E-state index in [4.69, 9.17) is 5.73 Å². The summed E-state index contributed by atoms with van der Waals surface area (Å²) in [7, 11) is 1.63. The van der Waals surface area contributed by atoms with E-state index >= 15 is 0 Å². The van der Waals surface area contributed by atoms with Gasteiger partial charge in [0.25, 0.3) is 5.91 Å². The van der Waals surface area contributed by atoms with Crippen molar-refractivity contribution in [3.63, 3.8) is 0 Å². The Morgan fingerprint density at radius 2 is 1.85 bits per heavy atom. The maximum atomic E-state index is 12.7. The quantitative estimate of drug-likeness (QED) is 0.814. The highest BCUT2D eigenvalue weighted by molar-refractivity contribution is 5.94. The summed E-state index contributed by atoms with van der Waals surface area (Å²) in [6, 6.07) is 14.5. The van der Waals surface area contributed by atoms with Gasteiger partial charge in [-0.15, -0.1) is 13.2 Å². The van der Waals surface area contributed by atoms with E-state index < -0.39 is 12.1 Å². The third-order valence-electron chi connectivity index (χ3n) is 4.00. The number of hydrogen-bond acceptors (Lipinski definition) is 3. The van der Waals surface area contributed by atoms with Gasteiger partial charge in [0.15, 0.2) is 0 Å². The average Bonchev–Trinajstić information content (AvgIpc) is 2.60. The highest BCUT2D eigenvalue weighted by Gasteiger charge is 2.31. The molecule has 0 aliphatic carbocycles. The first kappa shape index (κ1) is 19.8. The zero-order valence-corrected chi connectivity index (χ0v) is 14.4. The molecule has 2 aromatic carbocycles. The van der Waals surface area contributed by atoms with Gasteiger partial charge in [-0.2, -0.15) is 0 Å². The standard InChI is InChI=1S/C19H21F3N2O2/c1-24(16(10-11-23)12-14-6-3-2-4-7-14)18(25)15-8-5-9-17(13-15)26-19(20,21)22/h2-9,13,16H,10-12,23H2,1H3/t16-/m1/s1. The molecule has 1 atom stereocenters. The molecule has 0 heterocycles. The van der Waals surface area contributed by atoms with Crippen LogP contribution in [0.5, 0.6) is 5.75 Å². The second-order valence-corrected chi connectivity index (χ2v) is 5.91. The van der Waals surface area contributed by atoms with E-state index in [1.807, 2.05) is 30.3 Å². The Hall–Kier alpha value is -2.54. The van der Waals surface area contributed by atoms with Crippen LogP contribution >= 0.6 is 0 Å². The second kappa shape index (κ2) is 8.71. The minimum absolute atomic E-state index is 0.129. The lowest BCUT2D eigenvalue weighted by Gasteiger charge is -2.28. The number of amides is 1. The van der Waals surface area contributed by atoms with E-state index in [2.05, 4.69) is 4.74 Å². The zero-order chi connectivity index (χ0) is 19.2. The number of rotatable bonds is 7. The van der Waals surface area contributed by atoms with Gasteiger partial charge in [-0.25, -0.2) is 0 Å². The minimum atomic E-state index is -4.80. The molecular weight excluding hydrogens is 345 g/mol. The lowest BCUT2D eigenvalue weighted by molar-refractivity contribution is -0.274. The molecule has 0 fully saturated rings. The first-order valence-corrected chi connectivity index (χ1v) is 8.17. The fourth-order valence-corrected chi connectivity index (χ4v) is 2.71. The van der Waals surface area contributed by atoms with Gasteiger partial charge in [-0.1, -0.05) is 36.4 Å². The fraction of sp³-hybridized carbons (Fsp3) is 0.316. The zero-order valence-electron chi connectivity index (χ0n) is 14.4. The summed E-state index contributed by atoms with van der Waals surface area (Å²) in [6.45, 7) is 0.395. The molecule has 2 N–H and O–H groups in total. The summed E-state index contributed by atoms with van der Waals surface area (Å²) in [5.41, 5.74) is 6.85. The molecular formula is C19H21F3N2O2. The number of benzene rings is 2. The van der Waals surface area contributed by atoms with Gasteiger partial charge < -0.3 is 15.4 Å². The first-order chi connectivity index (χ1) is 12.3. The molecule has 0 aromatic heterocycles. The number of ether oxygens (including phenoxy) is 1. The summed E-state index contributed by atoms with van der Waals surface area (Å²) in [5, 5.41) is 0. The molecule has 0 radical (unpaired) electrons. The Kier molecular flexibility index (Phi) is 6.63. The fourth-order valence-electron chi connectivity index (χ4n) is 2.71. The van der Waals surface area contributed by atoms with Crippen molar-refractivity contribution in [2.75, 3.05) is 13.6 Å². The third-order valence-corrected chi connectivity index (χ3v) is 4.00. The van der Waals surface area contributed by atoms with Gasteiger partial charge in [0, 0.05) is 18.7 Å². The smallest absolute Gasteiger partial charge is 0.406 e. The number of likely N-dealkylation sites (N-methyl/N-ethyl adjacent to an activating group) is 1. The van der Waals surface area contributed by atoms with Crippen LogP contribution in [-0.2, 0) is 6.42 Å². The van der Waals surface area contributed by atoms with Crippen molar-refractivity contribution in [3.8, 4) is 5.75 Å². The number of hydrogen-bond donors (Lipinski definition) is 1. The number of carbonyl (C=O) groups is 1. The number of alkyl halides is 3. The summed E-state index contributed by atoms with van der Waals surface area (Å²) >= 11 is 0. The van der Waals surface area contributed by atoms with Crippen molar-refractivity contribution in [1.82, 2.24) is 4.90 Å². The molecule has 2 rings (SSSR count). The van der Waals surface area contributed by atoms with Gasteiger partial charge in [0.1, 0.15) is 5.75 Å². The Morgan fingerprint density at radius 1 is 1.15 bits per heavy atom. The molecule has 26 heavy (non-hydrogen) atoms. The third kappa shape index (κ3) is 5.77. The highest BCUT2D eigenvalue weighted by Crippen LogP contribution is 2.24. The van der Waals surface area contributed by atoms with Crippen LogP contribution in [0.15, 0.2) is 54.6 Å². The second-order valence-electron chi connectivity index (χ2n) is 5.91. The molecule has 0 saturated carbocycles. The summed E-state index contributed by atoms with van der Waals surface area (Å²) in [6.07, 6.45) is -3.61. The van der Waals surface area contributed by atoms with Crippen LogP contribution in [0.25, 0.3) is 0 Å². The molecule has 4 nitrogen and oxygen atoms in total. The molecule has 0 aliphatic heterocycles. The predicted octanol–water partition coefficient (Wildman–Crippen LogP) is 3.62. The normalized spacial score (nSPS) is 12.5. The number of nitrogens with zero attached hydrogens (tertiary/aromatic N) is 1. The molecule has 7 heteroatoms. The van der Waals surface area contributed by atoms with Gasteiger partial charge in [-0.05, 0) is 43.1 Å². The van der Waals surface area contributed by atoms with E-state index in [0.29, 0.717) is 19.4 Å². The molecule has 0 aliphatic rings. The molecule has 1 amide bonds. The Labute approximate surface area is 150 Å². The minimum Gasteiger partial charge on any atom is -0.406 e. The van der Waals surface area contributed by atoms with Gasteiger partial charge in [-0.3, -0.25) is 4.79 Å². The summed E-state index contributed by atoms with van der Waals surface area (Å²) in [4.78, 5) is 14.2. The monoisotopic (exact) mass is 366 g/mol. The summed E-state index contributed by atoms with van der Waals surface area (Å²) < 4.78 is 41.0. The Morgan fingerprint density at radius 3 is 2.46 bits per heavy atom. The van der Waals surface area contributed by atoms with Crippen LogP contribution in [0.4, 0.5) is 13.2 Å². The van der Waals surface area contributed by atoms with Crippen molar-refractivity contribution >= 4 is 5.91 Å². The SMILES string of the molecule is CN(C(=O)c1cccc(OC(F)(F)F)c1)[C@H](CCN)Cc1ccccc1. The van der Waals surface area contributed by atoms with Crippen molar-refractivity contribution in [1.29, 1.82) is 0 Å². The molecule has 0 unspecified atom stereocenters. The van der Waals surface area contributed by atoms with E-state index in [1.54, 1.807) is 7.05 Å². The predicted molar refractivity (Wildman–Crippen MR) is 92.8 cm³/mol. The van der Waals surface area contributed by atoms with Crippen LogP contribution in [0.1, 0.15) is 22.3 Å². The molecule has 0 saturated heterocycles. The highest BCUT2D eigenvalue weighted by atomic mass is 19.4. The number of nitrogens with two attached hydrogens (primary N) is 1. The van der Waals surface area contributed by atoms with Crippen molar-refractivity contribution in [3.05, 3.63) is 65.7 Å². The lowest BCUT2D eigenvalue weighted by Crippen LogP contribution is -2.39. The van der Waals surface area contributed by atoms with Gasteiger partial charge >= 0.3 is 6.36 Å². The van der Waals surface area contributed by atoms with Crippen LogP contribution in [0, 0.1) is 0 Å². The Bertz CT molecular complexity index is 720. The molecule has 0 bridgehead atoms. The average molecular weight is 366 g/mol. The number of halogens is 3. The van der Waals surface area contributed by atoms with E-state index in [0.717, 1.165) is 17.7 Å². The topological polar surface area (TPSA) is 55.6 Å². The van der Waals surface area contributed by atoms with Crippen molar-refractivity contribution in [2.24, 2.45) is 5.73 Å². The maximum Gasteiger partial charge on any atom is 0.573 e. The van der Waals surface area contributed by atoms with Crippen molar-refractivity contribution < 1.29 is 22.7 Å². The van der Waals surface area contributed by atoms with Crippen LogP contribution in [0.3, 0.4) is 0 Å². The van der Waals surface area contributed by atoms with E-state index in [9.17, 15) is 18.0 Å². The van der Waals surface area contributed by atoms with Gasteiger partial charge in [0.05, 0.1) is 0 Å². The molecule has 0 spiro atoms. The van der Waals surface area contributed by atoms with Gasteiger partial charge in [0.2, 0.25) is 0 Å². The van der Waals surface area contributed by atoms with Crippen molar-refractivity contribution in [2.45, 2.75) is 25.2 Å². The maximum absolute atomic E-state index is 12.7. The lowest BCUT2D eigenvalue weighted by atomic mass is 10.0. The van der Waals surface area contributed by atoms with E-state index in [-0.39, 0.29) is 17.5 Å².